The van der Waals surface area contributed by atoms with Crippen molar-refractivity contribution in [3.05, 3.63) is 155 Å². The summed E-state index contributed by atoms with van der Waals surface area (Å²) in [4.78, 5) is 0. The molecule has 1 aliphatic heterocycles. The Labute approximate surface area is 270 Å². The van der Waals surface area contributed by atoms with Crippen LogP contribution in [0.25, 0.3) is 56.0 Å². The Morgan fingerprint density at radius 3 is 1.38 bits per heavy atom. The molecule has 6 aromatic rings. The van der Waals surface area contributed by atoms with Gasteiger partial charge in [0.05, 0.1) is 0 Å². The monoisotopic (exact) mass is 744 g/mol. The molecule has 2 fully saturated rings. The van der Waals surface area contributed by atoms with Gasteiger partial charge in [0.15, 0.2) is 0 Å². The Morgan fingerprint density at radius 2 is 0.911 bits per heavy atom. The average molecular weight is 743 g/mol. The first-order valence-electron chi connectivity index (χ1n) is 16.7. The molecule has 2 atom stereocenters. The van der Waals surface area contributed by atoms with E-state index < -0.39 is 20.0 Å². The number of hydrogen-bond donors (Lipinski definition) is 0. The normalized spacial score (nSPS) is 21.5. The second kappa shape index (κ2) is 9.36. The zero-order valence-electron chi connectivity index (χ0n) is 26.0. The fourth-order valence-corrected chi connectivity index (χ4v) is 27.2. The van der Waals surface area contributed by atoms with Gasteiger partial charge in [-0.15, -0.1) is 0 Å². The van der Waals surface area contributed by atoms with Crippen LogP contribution >= 0.6 is 0 Å². The maximum atomic E-state index is 2.79. The minimum absolute atomic E-state index is 0.217. The third kappa shape index (κ3) is 3.46. The molecule has 45 heavy (non-hydrogen) atoms. The standard InChI is InChI=1S/C42H30.2CH3.Hf/c1-3-16-34-28(10-1)12-5-18-36(34)38-20-7-14-30-24-32(26-40(30)38)42(22-9-23-42)33-25-31-15-8-21-39(41(31)27-33)37-19-6-13-29-11-2-4-17-35(29)37;;;/h1-8,10-21,24-27H,9,22-23H2;2*1H3;. The predicted octanol–water partition coefficient (Wildman–Crippen LogP) is 12.3. The van der Waals surface area contributed by atoms with Crippen molar-refractivity contribution in [2.45, 2.75) is 36.0 Å². The van der Waals surface area contributed by atoms with Crippen molar-refractivity contribution in [3.63, 3.8) is 0 Å². The molecule has 0 radical (unpaired) electrons. The zero-order valence-corrected chi connectivity index (χ0v) is 29.6. The first-order valence-corrected chi connectivity index (χ1v) is 28.1. The SMILES string of the molecule is [CH3][Hf]1([CH3])[CH]2C(=Cc3c(-c4cccc5ccccc45)cccc32)C2(CCC2)C2=Cc3c(-c4cccc5ccccc45)cccc3[CH]21. The summed E-state index contributed by atoms with van der Waals surface area (Å²) in [6.07, 6.45) is 9.37. The molecule has 4 aliphatic rings. The van der Waals surface area contributed by atoms with Gasteiger partial charge in [-0.3, -0.25) is 0 Å². The van der Waals surface area contributed by atoms with E-state index in [1.165, 1.54) is 74.2 Å². The third-order valence-electron chi connectivity index (χ3n) is 12.1. The molecule has 0 bridgehead atoms. The van der Waals surface area contributed by atoms with E-state index in [2.05, 4.69) is 143 Å². The molecule has 0 amide bonds. The summed E-state index contributed by atoms with van der Waals surface area (Å²) in [7, 11) is 0. The molecule has 1 heteroatoms. The first kappa shape index (κ1) is 26.4. The number of fused-ring (bicyclic) bond motifs is 10. The summed E-state index contributed by atoms with van der Waals surface area (Å²) in [6.45, 7) is 0. The Kier molecular flexibility index (Phi) is 5.50. The van der Waals surface area contributed by atoms with Gasteiger partial charge in [0.1, 0.15) is 0 Å². The summed E-state index contributed by atoms with van der Waals surface area (Å²) in [6, 6.07) is 46.0. The Hall–Kier alpha value is -3.81. The van der Waals surface area contributed by atoms with E-state index in [0.717, 1.165) is 0 Å². The van der Waals surface area contributed by atoms with Crippen LogP contribution in [-0.4, -0.2) is 0 Å². The van der Waals surface area contributed by atoms with Crippen molar-refractivity contribution in [1.82, 2.24) is 0 Å². The maximum absolute atomic E-state index is 3.09. The average Bonchev–Trinajstić information content (AvgIpc) is 3.65. The minimum atomic E-state index is -3.09. The zero-order chi connectivity index (χ0) is 29.9. The van der Waals surface area contributed by atoms with Crippen LogP contribution in [0.1, 0.15) is 48.9 Å². The molecular weight excluding hydrogens is 707 g/mol. The van der Waals surface area contributed by atoms with E-state index in [9.17, 15) is 0 Å². The van der Waals surface area contributed by atoms with E-state index >= 15 is 0 Å². The second-order valence-corrected chi connectivity index (χ2v) is 31.7. The van der Waals surface area contributed by atoms with Crippen molar-refractivity contribution in [3.8, 4) is 22.3 Å². The van der Waals surface area contributed by atoms with E-state index in [1.807, 2.05) is 0 Å². The van der Waals surface area contributed by atoms with Gasteiger partial charge in [-0.2, -0.15) is 0 Å². The van der Waals surface area contributed by atoms with E-state index in [1.54, 1.807) is 22.3 Å². The molecule has 0 N–H and O–H groups in total. The van der Waals surface area contributed by atoms with Crippen LogP contribution in [-0.2, 0) is 20.0 Å². The van der Waals surface area contributed by atoms with Gasteiger partial charge in [-0.25, -0.2) is 0 Å². The quantitative estimate of drug-likeness (QED) is 0.155. The van der Waals surface area contributed by atoms with Crippen LogP contribution in [0.4, 0.5) is 0 Å². The number of rotatable bonds is 2. The van der Waals surface area contributed by atoms with Crippen molar-refractivity contribution < 1.29 is 20.0 Å². The second-order valence-electron chi connectivity index (χ2n) is 14.5. The summed E-state index contributed by atoms with van der Waals surface area (Å²) in [5.74, 6) is 0. The number of hydrogen-bond acceptors (Lipinski definition) is 0. The molecule has 3 aliphatic carbocycles. The Bertz CT molecular complexity index is 2130. The van der Waals surface area contributed by atoms with E-state index in [4.69, 9.17) is 0 Å². The van der Waals surface area contributed by atoms with Gasteiger partial charge in [-0.05, 0) is 0 Å². The number of benzene rings is 6. The summed E-state index contributed by atoms with van der Waals surface area (Å²) >= 11 is -3.09. The Balaban J connectivity index is 1.19. The van der Waals surface area contributed by atoms with E-state index in [-0.39, 0.29) is 5.41 Å². The molecule has 1 heterocycles. The van der Waals surface area contributed by atoms with Gasteiger partial charge >= 0.3 is 272 Å². The van der Waals surface area contributed by atoms with Crippen LogP contribution < -0.4 is 0 Å². The molecule has 1 spiro atoms. The first-order chi connectivity index (χ1) is 22.1. The van der Waals surface area contributed by atoms with Crippen molar-refractivity contribution in [2.75, 3.05) is 0 Å². The molecule has 1 saturated heterocycles. The van der Waals surface area contributed by atoms with Gasteiger partial charge in [-0.1, -0.05) is 0 Å². The number of allylic oxidation sites excluding steroid dienone is 2. The molecule has 1 saturated carbocycles. The molecule has 0 aromatic heterocycles. The fourth-order valence-electron chi connectivity index (χ4n) is 10.1. The molecule has 6 aromatic carbocycles. The summed E-state index contributed by atoms with van der Waals surface area (Å²) in [5.41, 5.74) is 15.7. The Morgan fingerprint density at radius 1 is 0.489 bits per heavy atom. The fraction of sp³-hybridized carbons (Fsp3) is 0.182. The van der Waals surface area contributed by atoms with Gasteiger partial charge in [0.25, 0.3) is 0 Å². The molecular formula is C44H36Hf. The van der Waals surface area contributed by atoms with Gasteiger partial charge in [0.2, 0.25) is 0 Å². The van der Waals surface area contributed by atoms with Gasteiger partial charge < -0.3 is 0 Å². The van der Waals surface area contributed by atoms with Crippen molar-refractivity contribution in [2.24, 2.45) is 5.41 Å². The van der Waals surface area contributed by atoms with Crippen LogP contribution in [0.15, 0.2) is 132 Å². The summed E-state index contributed by atoms with van der Waals surface area (Å²) in [5, 5.41) is 5.37. The summed E-state index contributed by atoms with van der Waals surface area (Å²) < 4.78 is 6.85. The van der Waals surface area contributed by atoms with Crippen LogP contribution in [0, 0.1) is 5.41 Å². The molecule has 2 unspecified atom stereocenters. The van der Waals surface area contributed by atoms with Crippen molar-refractivity contribution >= 4 is 33.7 Å². The predicted molar refractivity (Wildman–Crippen MR) is 188 cm³/mol. The molecule has 216 valence electrons. The van der Waals surface area contributed by atoms with E-state index in [0.29, 0.717) is 7.35 Å². The van der Waals surface area contributed by atoms with Crippen LogP contribution in [0.5, 0.6) is 0 Å². The molecule has 0 nitrogen and oxygen atoms in total. The molecule has 10 rings (SSSR count). The third-order valence-corrected chi connectivity index (χ3v) is 27.2. The van der Waals surface area contributed by atoms with Crippen LogP contribution in [0.3, 0.4) is 0 Å². The van der Waals surface area contributed by atoms with Gasteiger partial charge in [0, 0.05) is 0 Å². The van der Waals surface area contributed by atoms with Crippen molar-refractivity contribution in [1.29, 1.82) is 0 Å². The topological polar surface area (TPSA) is 0 Å². The van der Waals surface area contributed by atoms with Crippen LogP contribution in [0.2, 0.25) is 9.36 Å².